The van der Waals surface area contributed by atoms with Gasteiger partial charge in [0.05, 0.1) is 26.1 Å². The van der Waals surface area contributed by atoms with E-state index >= 15 is 0 Å². The van der Waals surface area contributed by atoms with Gasteiger partial charge in [-0.15, -0.1) is 0 Å². The maximum absolute atomic E-state index is 12.7. The van der Waals surface area contributed by atoms with Gasteiger partial charge in [-0.25, -0.2) is 4.98 Å². The molecule has 190 valence electrons. The molecule has 0 unspecified atom stereocenters. The van der Waals surface area contributed by atoms with Crippen LogP contribution in [-0.4, -0.2) is 56.2 Å². The van der Waals surface area contributed by atoms with Gasteiger partial charge in [-0.1, -0.05) is 32.9 Å². The standard InChI is InChI=1S/C29H36N4O3/c1-29(2,3)23-8-6-22(7-9-23)28(34)31-24-10-11-27(30-19-24)33-14-12-32(13-15-33)20-21-16-25(35-4)18-26(17-21)36-5/h6-11,16-19H,12-15,20H2,1-5H3,(H,31,34). The Morgan fingerprint density at radius 3 is 2.08 bits per heavy atom. The van der Waals surface area contributed by atoms with Gasteiger partial charge in [-0.3, -0.25) is 9.69 Å². The number of anilines is 2. The van der Waals surface area contributed by atoms with E-state index in [0.29, 0.717) is 11.3 Å². The van der Waals surface area contributed by atoms with Crippen LogP contribution in [0.5, 0.6) is 11.5 Å². The van der Waals surface area contributed by atoms with Gasteiger partial charge < -0.3 is 19.7 Å². The first kappa shape index (κ1) is 25.5. The minimum atomic E-state index is -0.132. The monoisotopic (exact) mass is 488 g/mol. The van der Waals surface area contributed by atoms with Crippen LogP contribution < -0.4 is 19.7 Å². The molecule has 1 aliphatic heterocycles. The summed E-state index contributed by atoms with van der Waals surface area (Å²) in [6, 6.07) is 17.7. The summed E-state index contributed by atoms with van der Waals surface area (Å²) in [5, 5.41) is 2.95. The molecule has 1 N–H and O–H groups in total. The highest BCUT2D eigenvalue weighted by atomic mass is 16.5. The van der Waals surface area contributed by atoms with Crippen LogP contribution in [0.2, 0.25) is 0 Å². The number of ether oxygens (including phenoxy) is 2. The number of rotatable bonds is 7. The van der Waals surface area contributed by atoms with Gasteiger partial charge in [0.1, 0.15) is 17.3 Å². The van der Waals surface area contributed by atoms with Gasteiger partial charge in [0.25, 0.3) is 5.91 Å². The van der Waals surface area contributed by atoms with Crippen molar-refractivity contribution in [3.8, 4) is 11.5 Å². The Kier molecular flexibility index (Phi) is 7.79. The number of benzene rings is 2. The highest BCUT2D eigenvalue weighted by Gasteiger charge is 2.19. The molecule has 0 aliphatic carbocycles. The fourth-order valence-corrected chi connectivity index (χ4v) is 4.32. The molecule has 2 heterocycles. The molecule has 1 amide bonds. The molecule has 2 aromatic carbocycles. The van der Waals surface area contributed by atoms with Gasteiger partial charge >= 0.3 is 0 Å². The third-order valence-electron chi connectivity index (χ3n) is 6.53. The van der Waals surface area contributed by atoms with Crippen LogP contribution in [0.1, 0.15) is 42.3 Å². The summed E-state index contributed by atoms with van der Waals surface area (Å²) in [6.45, 7) is 11.0. The zero-order valence-electron chi connectivity index (χ0n) is 21.9. The highest BCUT2D eigenvalue weighted by molar-refractivity contribution is 6.04. The lowest BCUT2D eigenvalue weighted by atomic mass is 9.87. The minimum absolute atomic E-state index is 0.0584. The normalized spacial score (nSPS) is 14.4. The van der Waals surface area contributed by atoms with Gasteiger partial charge in [-0.2, -0.15) is 0 Å². The number of pyridine rings is 1. The van der Waals surface area contributed by atoms with E-state index in [4.69, 9.17) is 9.47 Å². The predicted octanol–water partition coefficient (Wildman–Crippen LogP) is 4.97. The number of amides is 1. The van der Waals surface area contributed by atoms with Gasteiger partial charge in [0.2, 0.25) is 0 Å². The van der Waals surface area contributed by atoms with Gasteiger partial charge in [0, 0.05) is 44.4 Å². The zero-order valence-corrected chi connectivity index (χ0v) is 21.9. The number of nitrogens with zero attached hydrogens (tertiary/aromatic N) is 3. The second kappa shape index (κ2) is 11.0. The van der Waals surface area contributed by atoms with Gasteiger partial charge in [0.15, 0.2) is 0 Å². The largest absolute Gasteiger partial charge is 0.497 e. The summed E-state index contributed by atoms with van der Waals surface area (Å²) in [4.78, 5) is 22.0. The molecule has 1 saturated heterocycles. The molecular weight excluding hydrogens is 452 g/mol. The average Bonchev–Trinajstić information content (AvgIpc) is 2.89. The van der Waals surface area contributed by atoms with Crippen molar-refractivity contribution in [2.45, 2.75) is 32.7 Å². The molecule has 7 nitrogen and oxygen atoms in total. The first-order valence-electron chi connectivity index (χ1n) is 12.3. The molecule has 7 heteroatoms. The van der Waals surface area contributed by atoms with Crippen LogP contribution in [0.25, 0.3) is 0 Å². The van der Waals surface area contributed by atoms with Crippen molar-refractivity contribution in [1.29, 1.82) is 0 Å². The number of methoxy groups -OCH3 is 2. The third kappa shape index (κ3) is 6.34. The van der Waals surface area contributed by atoms with Crippen molar-refractivity contribution >= 4 is 17.4 Å². The Morgan fingerprint density at radius 2 is 1.56 bits per heavy atom. The second-order valence-electron chi connectivity index (χ2n) is 10.2. The molecule has 4 rings (SSSR count). The van der Waals surface area contributed by atoms with Crippen LogP contribution in [0, 0.1) is 0 Å². The lowest BCUT2D eigenvalue weighted by Crippen LogP contribution is -2.46. The number of hydrogen-bond donors (Lipinski definition) is 1. The number of hydrogen-bond acceptors (Lipinski definition) is 6. The Morgan fingerprint density at radius 1 is 0.917 bits per heavy atom. The zero-order chi connectivity index (χ0) is 25.7. The number of nitrogens with one attached hydrogen (secondary N) is 1. The third-order valence-corrected chi connectivity index (χ3v) is 6.53. The van der Waals surface area contributed by atoms with E-state index in [1.807, 2.05) is 42.5 Å². The van der Waals surface area contributed by atoms with Crippen molar-refractivity contribution in [3.05, 3.63) is 77.5 Å². The summed E-state index contributed by atoms with van der Waals surface area (Å²) >= 11 is 0. The summed E-state index contributed by atoms with van der Waals surface area (Å²) in [6.07, 6.45) is 1.73. The van der Waals surface area contributed by atoms with E-state index in [-0.39, 0.29) is 11.3 Å². The fourth-order valence-electron chi connectivity index (χ4n) is 4.32. The van der Waals surface area contributed by atoms with Crippen LogP contribution >= 0.6 is 0 Å². The number of carbonyl (C=O) groups excluding carboxylic acids is 1. The van der Waals surface area contributed by atoms with Crippen molar-refractivity contribution in [1.82, 2.24) is 9.88 Å². The quantitative estimate of drug-likeness (QED) is 0.507. The smallest absolute Gasteiger partial charge is 0.255 e. The SMILES string of the molecule is COc1cc(CN2CCN(c3ccc(NC(=O)c4ccc(C(C)(C)C)cc4)cn3)CC2)cc(OC)c1. The molecule has 0 radical (unpaired) electrons. The van der Waals surface area contributed by atoms with E-state index in [0.717, 1.165) is 50.0 Å². The van der Waals surface area contributed by atoms with E-state index < -0.39 is 0 Å². The fraction of sp³-hybridized carbons (Fsp3) is 0.379. The molecule has 1 aliphatic rings. The van der Waals surface area contributed by atoms with Crippen molar-refractivity contribution in [2.75, 3.05) is 50.6 Å². The van der Waals surface area contributed by atoms with E-state index in [1.165, 1.54) is 11.1 Å². The number of piperazine rings is 1. The molecule has 3 aromatic rings. The molecule has 0 saturated carbocycles. The maximum Gasteiger partial charge on any atom is 0.255 e. The average molecular weight is 489 g/mol. The number of carbonyl (C=O) groups is 1. The molecule has 0 spiro atoms. The molecule has 1 aromatic heterocycles. The van der Waals surface area contributed by atoms with Crippen LogP contribution in [0.3, 0.4) is 0 Å². The highest BCUT2D eigenvalue weighted by Crippen LogP contribution is 2.25. The van der Waals surface area contributed by atoms with E-state index in [1.54, 1.807) is 20.4 Å². The van der Waals surface area contributed by atoms with Crippen LogP contribution in [-0.2, 0) is 12.0 Å². The van der Waals surface area contributed by atoms with E-state index in [9.17, 15) is 4.79 Å². The minimum Gasteiger partial charge on any atom is -0.497 e. The topological polar surface area (TPSA) is 66.9 Å². The Bertz CT molecular complexity index is 1140. The second-order valence-corrected chi connectivity index (χ2v) is 10.2. The lowest BCUT2D eigenvalue weighted by Gasteiger charge is -2.35. The lowest BCUT2D eigenvalue weighted by molar-refractivity contribution is 0.102. The van der Waals surface area contributed by atoms with Crippen molar-refractivity contribution < 1.29 is 14.3 Å². The van der Waals surface area contributed by atoms with Crippen molar-refractivity contribution in [3.63, 3.8) is 0 Å². The Hall–Kier alpha value is -3.58. The summed E-state index contributed by atoms with van der Waals surface area (Å²) in [5.74, 6) is 2.40. The van der Waals surface area contributed by atoms with Crippen molar-refractivity contribution in [2.24, 2.45) is 0 Å². The predicted molar refractivity (Wildman–Crippen MR) is 144 cm³/mol. The van der Waals surface area contributed by atoms with Crippen LogP contribution in [0.15, 0.2) is 60.8 Å². The number of aromatic nitrogens is 1. The molecular formula is C29H36N4O3. The first-order chi connectivity index (χ1) is 17.2. The molecule has 36 heavy (non-hydrogen) atoms. The summed E-state index contributed by atoms with van der Waals surface area (Å²) in [7, 11) is 3.34. The molecule has 0 bridgehead atoms. The summed E-state index contributed by atoms with van der Waals surface area (Å²) in [5.41, 5.74) is 3.76. The van der Waals surface area contributed by atoms with Crippen LogP contribution in [0.4, 0.5) is 11.5 Å². The van der Waals surface area contributed by atoms with Gasteiger partial charge in [-0.05, 0) is 52.9 Å². The molecule has 1 fully saturated rings. The maximum atomic E-state index is 12.7. The Balaban J connectivity index is 1.30. The molecule has 0 atom stereocenters. The Labute approximate surface area is 214 Å². The first-order valence-corrected chi connectivity index (χ1v) is 12.3. The summed E-state index contributed by atoms with van der Waals surface area (Å²) < 4.78 is 10.8. The van der Waals surface area contributed by atoms with E-state index in [2.05, 4.69) is 53.0 Å².